The van der Waals surface area contributed by atoms with Crippen LogP contribution in [-0.2, 0) is 0 Å². The highest BCUT2D eigenvalue weighted by Gasteiger charge is 1.88. The van der Waals surface area contributed by atoms with E-state index in [1.54, 1.807) is 0 Å². The van der Waals surface area contributed by atoms with Gasteiger partial charge in [-0.3, -0.25) is 0 Å². The highest BCUT2D eigenvalue weighted by atomic mass is 16.5. The Labute approximate surface area is 84.4 Å². The second-order valence-corrected chi connectivity index (χ2v) is 2.52. The normalized spacial score (nSPS) is 7.50. The summed E-state index contributed by atoms with van der Waals surface area (Å²) in [7, 11) is 0. The molecule has 0 aliphatic heterocycles. The van der Waals surface area contributed by atoms with Gasteiger partial charge in [-0.05, 0) is 18.6 Å². The van der Waals surface area contributed by atoms with Crippen molar-refractivity contribution in [3.05, 3.63) is 30.3 Å². The second-order valence-electron chi connectivity index (χ2n) is 2.52. The van der Waals surface area contributed by atoms with Gasteiger partial charge in [0.2, 0.25) is 0 Å². The zero-order valence-electron chi connectivity index (χ0n) is 8.42. The van der Waals surface area contributed by atoms with E-state index in [1.807, 2.05) is 30.3 Å². The maximum Gasteiger partial charge on any atom is 0.119 e. The third-order valence-electron chi connectivity index (χ3n) is 1.51. The van der Waals surface area contributed by atoms with Crippen molar-refractivity contribution in [3.63, 3.8) is 0 Å². The molecule has 1 aromatic rings. The lowest BCUT2D eigenvalue weighted by molar-refractivity contribution is 0.309. The predicted octanol–water partition coefficient (Wildman–Crippen LogP) is 0.391. The molecule has 4 nitrogen and oxygen atoms in total. The van der Waals surface area contributed by atoms with E-state index in [0.717, 1.165) is 18.8 Å². The van der Waals surface area contributed by atoms with E-state index >= 15 is 0 Å². The average molecular weight is 204 g/mol. The lowest BCUT2D eigenvalue weighted by Gasteiger charge is -2.03. The maximum absolute atomic E-state index is 5.45. The SMILES string of the molecule is CCCCOc1ccccc1.O.O.O. The fourth-order valence-electron chi connectivity index (χ4n) is 0.851. The third kappa shape index (κ3) is 7.54. The first-order chi connectivity index (χ1) is 5.43. The summed E-state index contributed by atoms with van der Waals surface area (Å²) in [5.74, 6) is 0.973. The molecule has 0 amide bonds. The molecule has 14 heavy (non-hydrogen) atoms. The fraction of sp³-hybridized carbons (Fsp3) is 0.400. The Hall–Kier alpha value is -1.10. The zero-order chi connectivity index (χ0) is 7.94. The number of ether oxygens (including phenoxy) is 1. The first-order valence-corrected chi connectivity index (χ1v) is 4.11. The second kappa shape index (κ2) is 11.9. The van der Waals surface area contributed by atoms with E-state index in [4.69, 9.17) is 4.74 Å². The summed E-state index contributed by atoms with van der Waals surface area (Å²) in [6.45, 7) is 2.99. The molecule has 0 fully saturated rings. The summed E-state index contributed by atoms with van der Waals surface area (Å²) in [4.78, 5) is 0. The monoisotopic (exact) mass is 204 g/mol. The van der Waals surface area contributed by atoms with Crippen LogP contribution < -0.4 is 4.74 Å². The first-order valence-electron chi connectivity index (χ1n) is 4.11. The largest absolute Gasteiger partial charge is 0.494 e. The molecular weight excluding hydrogens is 184 g/mol. The van der Waals surface area contributed by atoms with Crippen molar-refractivity contribution in [1.29, 1.82) is 0 Å². The van der Waals surface area contributed by atoms with Gasteiger partial charge in [0.25, 0.3) is 0 Å². The third-order valence-corrected chi connectivity index (χ3v) is 1.51. The van der Waals surface area contributed by atoms with Crippen LogP contribution in [0.3, 0.4) is 0 Å². The summed E-state index contributed by atoms with van der Waals surface area (Å²) in [6.07, 6.45) is 2.32. The van der Waals surface area contributed by atoms with Crippen molar-refractivity contribution < 1.29 is 21.2 Å². The Morgan fingerprint density at radius 2 is 1.57 bits per heavy atom. The van der Waals surface area contributed by atoms with Gasteiger partial charge in [-0.1, -0.05) is 31.5 Å². The Morgan fingerprint density at radius 1 is 1.00 bits per heavy atom. The van der Waals surface area contributed by atoms with Gasteiger partial charge >= 0.3 is 0 Å². The van der Waals surface area contributed by atoms with Gasteiger partial charge in [0.15, 0.2) is 0 Å². The molecule has 0 unspecified atom stereocenters. The van der Waals surface area contributed by atoms with Crippen LogP contribution in [0, 0.1) is 0 Å². The first kappa shape index (κ1) is 18.6. The number of para-hydroxylation sites is 1. The van der Waals surface area contributed by atoms with E-state index in [0.29, 0.717) is 0 Å². The molecule has 0 aromatic heterocycles. The topological polar surface area (TPSA) is 104 Å². The molecule has 0 saturated heterocycles. The van der Waals surface area contributed by atoms with Gasteiger partial charge in [-0.15, -0.1) is 0 Å². The molecule has 0 bridgehead atoms. The number of hydrogen-bond acceptors (Lipinski definition) is 1. The van der Waals surface area contributed by atoms with Gasteiger partial charge in [0, 0.05) is 0 Å². The van der Waals surface area contributed by atoms with Crippen molar-refractivity contribution in [2.24, 2.45) is 0 Å². The molecule has 0 radical (unpaired) electrons. The predicted molar refractivity (Wildman–Crippen MR) is 57.7 cm³/mol. The summed E-state index contributed by atoms with van der Waals surface area (Å²) < 4.78 is 5.45. The number of hydrogen-bond donors (Lipinski definition) is 0. The molecule has 84 valence electrons. The van der Waals surface area contributed by atoms with Gasteiger partial charge in [0.1, 0.15) is 5.75 Å². The number of rotatable bonds is 4. The molecule has 1 rings (SSSR count). The van der Waals surface area contributed by atoms with Crippen molar-refractivity contribution in [2.45, 2.75) is 19.8 Å². The molecule has 0 saturated carbocycles. The molecule has 0 aliphatic rings. The molecule has 0 aliphatic carbocycles. The summed E-state index contributed by atoms with van der Waals surface area (Å²) >= 11 is 0. The highest BCUT2D eigenvalue weighted by molar-refractivity contribution is 5.20. The minimum absolute atomic E-state index is 0. The van der Waals surface area contributed by atoms with Crippen LogP contribution in [0.2, 0.25) is 0 Å². The maximum atomic E-state index is 5.45. The van der Waals surface area contributed by atoms with Crippen molar-refractivity contribution in [1.82, 2.24) is 0 Å². The van der Waals surface area contributed by atoms with Crippen LogP contribution in [0.4, 0.5) is 0 Å². The Kier molecular flexibility index (Phi) is 15.8. The van der Waals surface area contributed by atoms with Crippen LogP contribution in [0.1, 0.15) is 19.8 Å². The van der Waals surface area contributed by atoms with E-state index in [2.05, 4.69) is 6.92 Å². The molecular formula is C10H20O4. The van der Waals surface area contributed by atoms with Gasteiger partial charge in [0.05, 0.1) is 6.61 Å². The van der Waals surface area contributed by atoms with E-state index < -0.39 is 0 Å². The Bertz CT molecular complexity index is 189. The molecule has 0 spiro atoms. The minimum atomic E-state index is 0. The van der Waals surface area contributed by atoms with Crippen LogP contribution in [0.5, 0.6) is 5.75 Å². The number of unbranched alkanes of at least 4 members (excludes halogenated alkanes) is 1. The van der Waals surface area contributed by atoms with Gasteiger partial charge < -0.3 is 21.2 Å². The van der Waals surface area contributed by atoms with E-state index in [-0.39, 0.29) is 16.4 Å². The standard InChI is InChI=1S/C10H14O.3H2O/c1-2-3-9-11-10-7-5-4-6-8-10;;;/h4-8H,2-3,9H2,1H3;3*1H2. The minimum Gasteiger partial charge on any atom is -0.494 e. The van der Waals surface area contributed by atoms with Crippen molar-refractivity contribution >= 4 is 0 Å². The fourth-order valence-corrected chi connectivity index (χ4v) is 0.851. The van der Waals surface area contributed by atoms with E-state index in [9.17, 15) is 0 Å². The molecule has 6 N–H and O–H groups in total. The van der Waals surface area contributed by atoms with Crippen LogP contribution in [-0.4, -0.2) is 23.0 Å². The molecule has 4 heteroatoms. The van der Waals surface area contributed by atoms with Gasteiger partial charge in [-0.2, -0.15) is 0 Å². The molecule has 0 heterocycles. The zero-order valence-corrected chi connectivity index (χ0v) is 8.42. The summed E-state index contributed by atoms with van der Waals surface area (Å²) in [5.41, 5.74) is 0. The van der Waals surface area contributed by atoms with Crippen LogP contribution in [0.15, 0.2) is 30.3 Å². The quantitative estimate of drug-likeness (QED) is 0.650. The van der Waals surface area contributed by atoms with Crippen LogP contribution >= 0.6 is 0 Å². The molecule has 0 atom stereocenters. The summed E-state index contributed by atoms with van der Waals surface area (Å²) in [5, 5.41) is 0. The smallest absolute Gasteiger partial charge is 0.119 e. The van der Waals surface area contributed by atoms with E-state index in [1.165, 1.54) is 6.42 Å². The van der Waals surface area contributed by atoms with Gasteiger partial charge in [-0.25, -0.2) is 0 Å². The lowest BCUT2D eigenvalue weighted by Crippen LogP contribution is -1.95. The lowest BCUT2D eigenvalue weighted by atomic mass is 10.3. The Balaban J connectivity index is -0.000000403. The highest BCUT2D eigenvalue weighted by Crippen LogP contribution is 2.08. The number of benzene rings is 1. The van der Waals surface area contributed by atoms with Crippen molar-refractivity contribution in [3.8, 4) is 5.75 Å². The summed E-state index contributed by atoms with van der Waals surface area (Å²) in [6, 6.07) is 9.93. The Morgan fingerprint density at radius 3 is 2.07 bits per heavy atom. The van der Waals surface area contributed by atoms with Crippen LogP contribution in [0.25, 0.3) is 0 Å². The molecule has 1 aromatic carbocycles. The van der Waals surface area contributed by atoms with Crippen molar-refractivity contribution in [2.75, 3.05) is 6.61 Å². The average Bonchev–Trinajstić information content (AvgIpc) is 2.07.